The van der Waals surface area contributed by atoms with E-state index in [0.29, 0.717) is 18.7 Å². The molecule has 5 nitrogen and oxygen atoms in total. The summed E-state index contributed by atoms with van der Waals surface area (Å²) in [5.74, 6) is 0. The summed E-state index contributed by atoms with van der Waals surface area (Å²) in [6.07, 6.45) is 7.10. The number of benzene rings is 1. The number of nitrogens with one attached hydrogen (secondary N) is 2. The molecule has 0 bridgehead atoms. The van der Waals surface area contributed by atoms with Crippen LogP contribution in [-0.2, 0) is 11.3 Å². The highest BCUT2D eigenvalue weighted by atomic mass is 16.5. The van der Waals surface area contributed by atoms with Crippen molar-refractivity contribution in [3.63, 3.8) is 0 Å². The summed E-state index contributed by atoms with van der Waals surface area (Å²) < 4.78 is 5.30. The topological polar surface area (TPSA) is 53.6 Å². The van der Waals surface area contributed by atoms with E-state index in [1.165, 1.54) is 38.8 Å². The average Bonchev–Trinajstić information content (AvgIpc) is 3.02. The molecule has 1 amide bonds. The quantitative estimate of drug-likeness (QED) is 0.863. The molecule has 136 valence electrons. The molecule has 0 radical (unpaired) electrons. The van der Waals surface area contributed by atoms with Gasteiger partial charge >= 0.3 is 6.09 Å². The number of ether oxygens (including phenoxy) is 1. The Hall–Kier alpha value is -1.59. The first-order chi connectivity index (χ1) is 12.3. The number of carbonyl (C=O) groups excluding carboxylic acids is 1. The molecule has 3 aliphatic rings. The first-order valence-corrected chi connectivity index (χ1v) is 9.75. The van der Waals surface area contributed by atoms with Crippen LogP contribution in [0.1, 0.15) is 44.1 Å². The zero-order valence-electron chi connectivity index (χ0n) is 14.8. The van der Waals surface area contributed by atoms with Crippen LogP contribution >= 0.6 is 0 Å². The third-order valence-corrected chi connectivity index (χ3v) is 5.98. The van der Waals surface area contributed by atoms with E-state index in [-0.39, 0.29) is 12.1 Å². The first kappa shape index (κ1) is 16.9. The van der Waals surface area contributed by atoms with Gasteiger partial charge in [-0.3, -0.25) is 4.90 Å². The largest absolute Gasteiger partial charge is 0.445 e. The molecule has 2 unspecified atom stereocenters. The van der Waals surface area contributed by atoms with Crippen LogP contribution in [0.15, 0.2) is 30.3 Å². The van der Waals surface area contributed by atoms with E-state index in [2.05, 4.69) is 15.5 Å². The van der Waals surface area contributed by atoms with Crippen LogP contribution < -0.4 is 10.6 Å². The zero-order valence-corrected chi connectivity index (χ0v) is 14.8. The Kier molecular flexibility index (Phi) is 5.22. The predicted molar refractivity (Wildman–Crippen MR) is 97.3 cm³/mol. The molecule has 25 heavy (non-hydrogen) atoms. The maximum atomic E-state index is 11.9. The minimum atomic E-state index is -0.299. The summed E-state index contributed by atoms with van der Waals surface area (Å²) in [6, 6.07) is 12.0. The van der Waals surface area contributed by atoms with E-state index < -0.39 is 0 Å². The highest BCUT2D eigenvalue weighted by Crippen LogP contribution is 2.29. The number of piperidine rings is 1. The van der Waals surface area contributed by atoms with E-state index >= 15 is 0 Å². The van der Waals surface area contributed by atoms with Crippen molar-refractivity contribution in [2.24, 2.45) is 0 Å². The van der Waals surface area contributed by atoms with Crippen LogP contribution in [0, 0.1) is 0 Å². The Morgan fingerprint density at radius 3 is 2.76 bits per heavy atom. The van der Waals surface area contributed by atoms with Gasteiger partial charge in [0.15, 0.2) is 0 Å². The lowest BCUT2D eigenvalue weighted by molar-refractivity contribution is 0.121. The van der Waals surface area contributed by atoms with E-state index in [1.807, 2.05) is 30.3 Å². The molecule has 1 aliphatic carbocycles. The number of fused-ring (bicyclic) bond motifs is 1. The van der Waals surface area contributed by atoms with Gasteiger partial charge in [0.05, 0.1) is 0 Å². The van der Waals surface area contributed by atoms with Crippen molar-refractivity contribution >= 4 is 6.09 Å². The van der Waals surface area contributed by atoms with Gasteiger partial charge in [0.1, 0.15) is 6.61 Å². The molecule has 0 spiro atoms. The predicted octanol–water partition coefficient (Wildman–Crippen LogP) is 2.66. The van der Waals surface area contributed by atoms with Gasteiger partial charge in [0.25, 0.3) is 0 Å². The van der Waals surface area contributed by atoms with Crippen molar-refractivity contribution < 1.29 is 9.53 Å². The van der Waals surface area contributed by atoms with E-state index in [0.717, 1.165) is 24.4 Å². The Morgan fingerprint density at radius 2 is 1.92 bits per heavy atom. The van der Waals surface area contributed by atoms with Gasteiger partial charge in [0.2, 0.25) is 0 Å². The van der Waals surface area contributed by atoms with Gasteiger partial charge in [-0.15, -0.1) is 0 Å². The van der Waals surface area contributed by atoms with Crippen LogP contribution in [0.5, 0.6) is 0 Å². The standard InChI is InChI=1S/C20H29N3O2/c24-20(25-14-15-6-2-1-3-7-15)22-17-12-16(13-17)21-18-9-11-23-10-5-4-8-19(18)23/h1-3,6-7,16-19,21H,4-5,8-14H2,(H,22,24). The molecule has 1 aromatic carbocycles. The van der Waals surface area contributed by atoms with E-state index in [9.17, 15) is 4.79 Å². The van der Waals surface area contributed by atoms with E-state index in [4.69, 9.17) is 4.74 Å². The first-order valence-electron chi connectivity index (χ1n) is 9.75. The second-order valence-corrected chi connectivity index (χ2v) is 7.73. The number of carbonyl (C=O) groups is 1. The number of alkyl carbamates (subject to hydrolysis) is 1. The monoisotopic (exact) mass is 343 g/mol. The molecule has 2 heterocycles. The molecular formula is C20H29N3O2. The summed E-state index contributed by atoms with van der Waals surface area (Å²) in [6.45, 7) is 2.87. The maximum absolute atomic E-state index is 11.9. The van der Waals surface area contributed by atoms with Crippen LogP contribution in [0.2, 0.25) is 0 Å². The van der Waals surface area contributed by atoms with Crippen LogP contribution in [-0.4, -0.2) is 48.3 Å². The molecule has 2 aliphatic heterocycles. The fourth-order valence-electron chi connectivity index (χ4n) is 4.55. The molecule has 1 saturated carbocycles. The average molecular weight is 343 g/mol. The Labute approximate surface area is 150 Å². The molecule has 2 N–H and O–H groups in total. The third kappa shape index (κ3) is 4.15. The molecule has 4 rings (SSSR count). The van der Waals surface area contributed by atoms with Crippen molar-refractivity contribution in [1.82, 2.24) is 15.5 Å². The summed E-state index contributed by atoms with van der Waals surface area (Å²) in [5.41, 5.74) is 1.02. The number of hydrogen-bond acceptors (Lipinski definition) is 4. The fraction of sp³-hybridized carbons (Fsp3) is 0.650. The van der Waals surface area contributed by atoms with Gasteiger partial charge in [-0.2, -0.15) is 0 Å². The minimum absolute atomic E-state index is 0.254. The molecule has 5 heteroatoms. The van der Waals surface area contributed by atoms with Crippen molar-refractivity contribution in [2.75, 3.05) is 13.1 Å². The molecule has 3 fully saturated rings. The maximum Gasteiger partial charge on any atom is 0.407 e. The second kappa shape index (κ2) is 7.75. The third-order valence-electron chi connectivity index (χ3n) is 5.98. The number of nitrogens with zero attached hydrogens (tertiary/aromatic N) is 1. The summed E-state index contributed by atoms with van der Waals surface area (Å²) in [4.78, 5) is 14.6. The molecule has 0 aromatic heterocycles. The van der Waals surface area contributed by atoms with Gasteiger partial charge < -0.3 is 15.4 Å². The van der Waals surface area contributed by atoms with Gasteiger partial charge in [-0.1, -0.05) is 36.8 Å². The van der Waals surface area contributed by atoms with Crippen LogP contribution in [0.25, 0.3) is 0 Å². The lowest BCUT2D eigenvalue weighted by atomic mass is 9.85. The van der Waals surface area contributed by atoms with Crippen LogP contribution in [0.3, 0.4) is 0 Å². The second-order valence-electron chi connectivity index (χ2n) is 7.73. The smallest absolute Gasteiger partial charge is 0.407 e. The highest BCUT2D eigenvalue weighted by molar-refractivity contribution is 5.67. The SMILES string of the molecule is O=C(NC1CC(NC2CCN3CCCCC23)C1)OCc1ccccc1. The van der Waals surface area contributed by atoms with Crippen molar-refractivity contribution in [3.05, 3.63) is 35.9 Å². The zero-order chi connectivity index (χ0) is 17.1. The summed E-state index contributed by atoms with van der Waals surface area (Å²) in [7, 11) is 0. The Balaban J connectivity index is 1.14. The number of hydrogen-bond donors (Lipinski definition) is 2. The lowest BCUT2D eigenvalue weighted by Gasteiger charge is -2.40. The number of amides is 1. The lowest BCUT2D eigenvalue weighted by Crippen LogP contribution is -2.57. The van der Waals surface area contributed by atoms with Crippen molar-refractivity contribution in [2.45, 2.75) is 69.3 Å². The molecule has 2 saturated heterocycles. The molecule has 1 aromatic rings. The minimum Gasteiger partial charge on any atom is -0.445 e. The van der Waals surface area contributed by atoms with Gasteiger partial charge in [-0.05, 0) is 44.2 Å². The van der Waals surface area contributed by atoms with Crippen molar-refractivity contribution in [1.29, 1.82) is 0 Å². The summed E-state index contributed by atoms with van der Waals surface area (Å²) in [5, 5.41) is 6.83. The van der Waals surface area contributed by atoms with Gasteiger partial charge in [0, 0.05) is 30.7 Å². The van der Waals surface area contributed by atoms with Crippen LogP contribution in [0.4, 0.5) is 4.79 Å². The normalized spacial score (nSPS) is 31.8. The number of rotatable bonds is 5. The molecular weight excluding hydrogens is 314 g/mol. The Bertz CT molecular complexity index is 574. The molecule has 2 atom stereocenters. The fourth-order valence-corrected chi connectivity index (χ4v) is 4.55. The summed E-state index contributed by atoms with van der Waals surface area (Å²) >= 11 is 0. The van der Waals surface area contributed by atoms with E-state index in [1.54, 1.807) is 0 Å². The highest BCUT2D eigenvalue weighted by Gasteiger charge is 2.39. The van der Waals surface area contributed by atoms with Crippen molar-refractivity contribution in [3.8, 4) is 0 Å². The van der Waals surface area contributed by atoms with Gasteiger partial charge in [-0.25, -0.2) is 4.79 Å². The Morgan fingerprint density at radius 1 is 1.08 bits per heavy atom.